The van der Waals surface area contributed by atoms with Crippen LogP contribution in [0.25, 0.3) is 0 Å². The summed E-state index contributed by atoms with van der Waals surface area (Å²) in [7, 11) is 0. The second kappa shape index (κ2) is 7.21. The molecule has 4 heteroatoms. The highest BCUT2D eigenvalue weighted by atomic mass is 32.2. The molecule has 0 bridgehead atoms. The van der Waals surface area contributed by atoms with E-state index in [1.807, 2.05) is 13.0 Å². The Bertz CT molecular complexity index is 387. The molecule has 0 saturated carbocycles. The Balaban J connectivity index is 2.29. The van der Waals surface area contributed by atoms with Gasteiger partial charge in [0.2, 0.25) is 0 Å². The Labute approximate surface area is 106 Å². The lowest BCUT2D eigenvalue weighted by Crippen LogP contribution is -2.17. The average molecular weight is 251 g/mol. The Morgan fingerprint density at radius 2 is 2.24 bits per heavy atom. The highest BCUT2D eigenvalue weighted by Gasteiger charge is 2.08. The standard InChI is InChI=1S/C13H17NO2S/c1-10(15)11(2)17-7-6-16-13-5-3-4-12(8-13)9-14/h3-5,8,10-11,15H,6-7H2,1-2H3. The van der Waals surface area contributed by atoms with Crippen LogP contribution >= 0.6 is 11.8 Å². The first-order valence-electron chi connectivity index (χ1n) is 5.56. The van der Waals surface area contributed by atoms with Crippen molar-refractivity contribution in [1.29, 1.82) is 5.26 Å². The minimum absolute atomic E-state index is 0.212. The highest BCUT2D eigenvalue weighted by molar-refractivity contribution is 7.99. The van der Waals surface area contributed by atoms with Crippen molar-refractivity contribution >= 4 is 11.8 Å². The maximum absolute atomic E-state index is 9.31. The van der Waals surface area contributed by atoms with Gasteiger partial charge in [-0.2, -0.15) is 17.0 Å². The number of hydrogen-bond donors (Lipinski definition) is 1. The fourth-order valence-electron chi connectivity index (χ4n) is 1.19. The molecule has 17 heavy (non-hydrogen) atoms. The van der Waals surface area contributed by atoms with Crippen molar-refractivity contribution in [2.45, 2.75) is 25.2 Å². The van der Waals surface area contributed by atoms with Crippen LogP contribution < -0.4 is 4.74 Å². The van der Waals surface area contributed by atoms with E-state index in [1.165, 1.54) is 0 Å². The van der Waals surface area contributed by atoms with E-state index in [1.54, 1.807) is 36.9 Å². The minimum atomic E-state index is -0.304. The van der Waals surface area contributed by atoms with Crippen molar-refractivity contribution in [3.63, 3.8) is 0 Å². The van der Waals surface area contributed by atoms with Gasteiger partial charge in [0.25, 0.3) is 0 Å². The number of ether oxygens (including phenoxy) is 1. The molecule has 0 saturated heterocycles. The Morgan fingerprint density at radius 3 is 2.88 bits per heavy atom. The van der Waals surface area contributed by atoms with Crippen molar-refractivity contribution in [3.8, 4) is 11.8 Å². The lowest BCUT2D eigenvalue weighted by atomic mass is 10.2. The van der Waals surface area contributed by atoms with Gasteiger partial charge in [0.15, 0.2) is 0 Å². The van der Waals surface area contributed by atoms with Gasteiger partial charge in [-0.15, -0.1) is 0 Å². The lowest BCUT2D eigenvalue weighted by Gasteiger charge is -2.14. The van der Waals surface area contributed by atoms with Gasteiger partial charge in [0.1, 0.15) is 5.75 Å². The van der Waals surface area contributed by atoms with Gasteiger partial charge in [-0.05, 0) is 25.1 Å². The predicted molar refractivity (Wildman–Crippen MR) is 70.3 cm³/mol. The van der Waals surface area contributed by atoms with Crippen LogP contribution in [-0.2, 0) is 0 Å². The third-order valence-corrected chi connectivity index (χ3v) is 3.70. The molecule has 2 unspecified atom stereocenters. The Morgan fingerprint density at radius 1 is 1.47 bits per heavy atom. The lowest BCUT2D eigenvalue weighted by molar-refractivity contribution is 0.196. The first kappa shape index (κ1) is 13.9. The molecule has 3 nitrogen and oxygen atoms in total. The number of nitrogens with zero attached hydrogens (tertiary/aromatic N) is 1. The first-order chi connectivity index (χ1) is 8.13. The van der Waals surface area contributed by atoms with E-state index in [0.29, 0.717) is 17.9 Å². The van der Waals surface area contributed by atoms with Crippen LogP contribution in [0.3, 0.4) is 0 Å². The van der Waals surface area contributed by atoms with Crippen LogP contribution in [0.4, 0.5) is 0 Å². The molecule has 1 rings (SSSR count). The Kier molecular flexibility index (Phi) is 5.88. The van der Waals surface area contributed by atoms with Crippen LogP contribution in [0.15, 0.2) is 24.3 Å². The topological polar surface area (TPSA) is 53.2 Å². The normalized spacial score (nSPS) is 13.8. The molecule has 0 fully saturated rings. The third kappa shape index (κ3) is 5.12. The van der Waals surface area contributed by atoms with Crippen molar-refractivity contribution < 1.29 is 9.84 Å². The van der Waals surface area contributed by atoms with Gasteiger partial charge in [0.05, 0.1) is 24.3 Å². The molecule has 0 aromatic heterocycles. The molecule has 0 radical (unpaired) electrons. The average Bonchev–Trinajstić information content (AvgIpc) is 2.34. The molecular formula is C13H17NO2S. The zero-order valence-electron chi connectivity index (χ0n) is 10.1. The van der Waals surface area contributed by atoms with Gasteiger partial charge in [-0.3, -0.25) is 0 Å². The predicted octanol–water partition coefficient (Wildman–Crippen LogP) is 2.44. The quantitative estimate of drug-likeness (QED) is 0.789. The SMILES string of the molecule is CC(O)C(C)SCCOc1cccc(C#N)c1. The van der Waals surface area contributed by atoms with E-state index in [9.17, 15) is 5.11 Å². The summed E-state index contributed by atoms with van der Waals surface area (Å²) >= 11 is 1.67. The fourth-order valence-corrected chi connectivity index (χ4v) is 2.02. The number of nitriles is 1. The molecule has 1 aromatic carbocycles. The largest absolute Gasteiger partial charge is 0.493 e. The summed E-state index contributed by atoms with van der Waals surface area (Å²) in [6, 6.07) is 9.19. The van der Waals surface area contributed by atoms with Crippen molar-refractivity contribution in [2.24, 2.45) is 0 Å². The van der Waals surface area contributed by atoms with Crippen molar-refractivity contribution in [2.75, 3.05) is 12.4 Å². The molecule has 0 aliphatic rings. The molecule has 0 aliphatic carbocycles. The minimum Gasteiger partial charge on any atom is -0.493 e. The van der Waals surface area contributed by atoms with Gasteiger partial charge in [0, 0.05) is 11.0 Å². The second-order valence-corrected chi connectivity index (χ2v) is 5.29. The van der Waals surface area contributed by atoms with Gasteiger partial charge in [-0.25, -0.2) is 0 Å². The summed E-state index contributed by atoms with van der Waals surface area (Å²) in [5, 5.41) is 18.2. The molecule has 1 aromatic rings. The molecule has 1 N–H and O–H groups in total. The summed E-state index contributed by atoms with van der Waals surface area (Å²) in [4.78, 5) is 0. The maximum Gasteiger partial charge on any atom is 0.120 e. The molecule has 0 aliphatic heterocycles. The summed E-state index contributed by atoms with van der Waals surface area (Å²) in [6.45, 7) is 4.36. The molecule has 0 spiro atoms. The highest BCUT2D eigenvalue weighted by Crippen LogP contribution is 2.16. The molecule has 2 atom stereocenters. The molecule has 92 valence electrons. The van der Waals surface area contributed by atoms with Crippen molar-refractivity contribution in [3.05, 3.63) is 29.8 Å². The van der Waals surface area contributed by atoms with E-state index in [-0.39, 0.29) is 11.4 Å². The monoisotopic (exact) mass is 251 g/mol. The number of hydrogen-bond acceptors (Lipinski definition) is 4. The first-order valence-corrected chi connectivity index (χ1v) is 6.61. The number of aliphatic hydroxyl groups excluding tert-OH is 1. The smallest absolute Gasteiger partial charge is 0.120 e. The maximum atomic E-state index is 9.31. The van der Waals surface area contributed by atoms with E-state index in [4.69, 9.17) is 10.00 Å². The molecule has 0 amide bonds. The van der Waals surface area contributed by atoms with Crippen LogP contribution in [0.1, 0.15) is 19.4 Å². The summed E-state index contributed by atoms with van der Waals surface area (Å²) in [5.41, 5.74) is 0.604. The number of aliphatic hydroxyl groups is 1. The van der Waals surface area contributed by atoms with E-state index in [2.05, 4.69) is 6.07 Å². The van der Waals surface area contributed by atoms with Gasteiger partial charge in [-0.1, -0.05) is 13.0 Å². The third-order valence-electron chi connectivity index (χ3n) is 2.38. The molecular weight excluding hydrogens is 234 g/mol. The molecule has 0 heterocycles. The van der Waals surface area contributed by atoms with E-state index < -0.39 is 0 Å². The zero-order valence-corrected chi connectivity index (χ0v) is 10.9. The van der Waals surface area contributed by atoms with E-state index in [0.717, 1.165) is 5.75 Å². The summed E-state index contributed by atoms with van der Waals surface area (Å²) in [5.74, 6) is 1.54. The van der Waals surface area contributed by atoms with Crippen LogP contribution in [0, 0.1) is 11.3 Å². The second-order valence-electron chi connectivity index (χ2n) is 3.80. The van der Waals surface area contributed by atoms with Crippen LogP contribution in [0.2, 0.25) is 0 Å². The van der Waals surface area contributed by atoms with Gasteiger partial charge < -0.3 is 9.84 Å². The zero-order chi connectivity index (χ0) is 12.7. The van der Waals surface area contributed by atoms with E-state index >= 15 is 0 Å². The van der Waals surface area contributed by atoms with Crippen LogP contribution in [0.5, 0.6) is 5.75 Å². The number of rotatable bonds is 6. The number of thioether (sulfide) groups is 1. The van der Waals surface area contributed by atoms with Crippen LogP contribution in [-0.4, -0.2) is 28.8 Å². The summed E-state index contributed by atoms with van der Waals surface area (Å²) < 4.78 is 5.53. The van der Waals surface area contributed by atoms with Crippen molar-refractivity contribution in [1.82, 2.24) is 0 Å². The van der Waals surface area contributed by atoms with Gasteiger partial charge >= 0.3 is 0 Å². The number of benzene rings is 1. The fraction of sp³-hybridized carbons (Fsp3) is 0.462. The summed E-state index contributed by atoms with van der Waals surface area (Å²) in [6.07, 6.45) is -0.304. The Hall–Kier alpha value is -1.18.